The minimum atomic E-state index is 0.388. The Balaban J connectivity index is 1.84. The highest BCUT2D eigenvalue weighted by atomic mass is 79.9. The summed E-state index contributed by atoms with van der Waals surface area (Å²) < 4.78 is 5.46. The highest BCUT2D eigenvalue weighted by Gasteiger charge is 2.54. The maximum absolute atomic E-state index is 6.12. The van der Waals surface area contributed by atoms with Crippen molar-refractivity contribution < 1.29 is 4.74 Å². The quantitative estimate of drug-likeness (QED) is 0.691. The van der Waals surface area contributed by atoms with E-state index in [0.29, 0.717) is 4.83 Å². The third-order valence-electron chi connectivity index (χ3n) is 4.55. The number of fused-ring (bicyclic) bond motifs is 1. The molecule has 2 aliphatic carbocycles. The summed E-state index contributed by atoms with van der Waals surface area (Å²) in [5.74, 6) is 3.57. The fraction of sp³-hybridized carbons (Fsp3) is 0.600. The summed E-state index contributed by atoms with van der Waals surface area (Å²) in [5, 5.41) is 0.791. The fourth-order valence-corrected chi connectivity index (χ4v) is 4.93. The molecule has 0 N–H and O–H groups in total. The number of methoxy groups -OCH3 is 1. The van der Waals surface area contributed by atoms with E-state index >= 15 is 0 Å². The van der Waals surface area contributed by atoms with Crippen LogP contribution in [-0.4, -0.2) is 7.11 Å². The Morgan fingerprint density at radius 3 is 2.56 bits per heavy atom. The SMILES string of the molecule is COc1ccc(Cl)cc1C(Br)C1C2CCCCC21. The number of alkyl halides is 1. The monoisotopic (exact) mass is 328 g/mol. The van der Waals surface area contributed by atoms with Crippen molar-refractivity contribution in [3.05, 3.63) is 28.8 Å². The Morgan fingerprint density at radius 1 is 1.28 bits per heavy atom. The summed E-state index contributed by atoms with van der Waals surface area (Å²) in [6, 6.07) is 5.91. The van der Waals surface area contributed by atoms with E-state index in [2.05, 4.69) is 15.9 Å². The summed E-state index contributed by atoms with van der Waals surface area (Å²) in [6.45, 7) is 0. The van der Waals surface area contributed by atoms with Crippen molar-refractivity contribution in [3.63, 3.8) is 0 Å². The number of benzene rings is 1. The van der Waals surface area contributed by atoms with Gasteiger partial charge in [0.15, 0.2) is 0 Å². The summed E-state index contributed by atoms with van der Waals surface area (Å²) in [4.78, 5) is 0.388. The Morgan fingerprint density at radius 2 is 1.94 bits per heavy atom. The third kappa shape index (κ3) is 2.18. The van der Waals surface area contributed by atoms with Crippen LogP contribution in [0.15, 0.2) is 18.2 Å². The van der Waals surface area contributed by atoms with Crippen LogP contribution in [0.4, 0.5) is 0 Å². The van der Waals surface area contributed by atoms with Gasteiger partial charge in [-0.2, -0.15) is 0 Å². The lowest BCUT2D eigenvalue weighted by Gasteiger charge is -2.15. The highest BCUT2D eigenvalue weighted by molar-refractivity contribution is 9.09. The van der Waals surface area contributed by atoms with Gasteiger partial charge in [0.25, 0.3) is 0 Å². The first kappa shape index (κ1) is 12.8. The van der Waals surface area contributed by atoms with Gasteiger partial charge in [0.1, 0.15) is 5.75 Å². The minimum Gasteiger partial charge on any atom is -0.496 e. The molecule has 1 aromatic rings. The molecule has 0 saturated heterocycles. The van der Waals surface area contributed by atoms with Crippen molar-refractivity contribution in [1.29, 1.82) is 0 Å². The summed E-state index contributed by atoms with van der Waals surface area (Å²) in [7, 11) is 1.73. The fourth-order valence-electron chi connectivity index (χ4n) is 3.61. The zero-order valence-electron chi connectivity index (χ0n) is 10.5. The van der Waals surface area contributed by atoms with Crippen LogP contribution in [-0.2, 0) is 0 Å². The first-order chi connectivity index (χ1) is 8.72. The van der Waals surface area contributed by atoms with E-state index < -0.39 is 0 Å². The molecule has 0 heterocycles. The Bertz CT molecular complexity index is 436. The van der Waals surface area contributed by atoms with Crippen LogP contribution in [0, 0.1) is 17.8 Å². The third-order valence-corrected chi connectivity index (χ3v) is 5.89. The van der Waals surface area contributed by atoms with E-state index in [1.807, 2.05) is 18.2 Å². The van der Waals surface area contributed by atoms with Gasteiger partial charge in [-0.05, 0) is 48.8 Å². The summed E-state index contributed by atoms with van der Waals surface area (Å²) in [5.41, 5.74) is 1.21. The van der Waals surface area contributed by atoms with Gasteiger partial charge in [-0.15, -0.1) is 0 Å². The van der Waals surface area contributed by atoms with Crippen LogP contribution < -0.4 is 4.74 Å². The lowest BCUT2D eigenvalue weighted by atomic mass is 10.0. The van der Waals surface area contributed by atoms with Crippen LogP contribution in [0.5, 0.6) is 5.75 Å². The zero-order valence-corrected chi connectivity index (χ0v) is 12.9. The Hall–Kier alpha value is -0.210. The van der Waals surface area contributed by atoms with Gasteiger partial charge in [-0.3, -0.25) is 0 Å². The van der Waals surface area contributed by atoms with Gasteiger partial charge in [-0.1, -0.05) is 40.4 Å². The van der Waals surface area contributed by atoms with Gasteiger partial charge in [-0.25, -0.2) is 0 Å². The molecule has 0 spiro atoms. The molecule has 1 nitrogen and oxygen atoms in total. The molecule has 3 heteroatoms. The first-order valence-corrected chi connectivity index (χ1v) is 7.99. The normalized spacial score (nSPS) is 31.6. The lowest BCUT2D eigenvalue weighted by Crippen LogP contribution is -1.99. The standard InChI is InChI=1S/C15H18BrClO/c1-18-13-7-6-9(17)8-12(13)15(16)14-10-4-2-3-5-11(10)14/h6-8,10-11,14-15H,2-5H2,1H3. The first-order valence-electron chi connectivity index (χ1n) is 6.70. The van der Waals surface area contributed by atoms with Crippen molar-refractivity contribution in [2.24, 2.45) is 17.8 Å². The second-order valence-corrected chi connectivity index (χ2v) is 6.90. The molecule has 0 aliphatic heterocycles. The molecule has 3 rings (SSSR count). The molecule has 2 aliphatic rings. The molecule has 0 radical (unpaired) electrons. The van der Waals surface area contributed by atoms with Crippen molar-refractivity contribution in [1.82, 2.24) is 0 Å². The second-order valence-electron chi connectivity index (χ2n) is 5.48. The predicted molar refractivity (Wildman–Crippen MR) is 78.6 cm³/mol. The smallest absolute Gasteiger partial charge is 0.123 e. The van der Waals surface area contributed by atoms with E-state index in [1.54, 1.807) is 7.11 Å². The van der Waals surface area contributed by atoms with Crippen LogP contribution >= 0.6 is 27.5 Å². The molecular formula is C15H18BrClO. The van der Waals surface area contributed by atoms with Crippen LogP contribution in [0.25, 0.3) is 0 Å². The zero-order chi connectivity index (χ0) is 12.7. The molecule has 0 aromatic heterocycles. The average Bonchev–Trinajstić information content (AvgIpc) is 3.12. The van der Waals surface area contributed by atoms with Gasteiger partial charge < -0.3 is 4.74 Å². The molecule has 2 fully saturated rings. The average molecular weight is 330 g/mol. The van der Waals surface area contributed by atoms with E-state index in [4.69, 9.17) is 16.3 Å². The maximum atomic E-state index is 6.12. The van der Waals surface area contributed by atoms with Crippen molar-refractivity contribution in [2.75, 3.05) is 7.11 Å². The Labute approximate surface area is 122 Å². The van der Waals surface area contributed by atoms with E-state index in [-0.39, 0.29) is 0 Å². The van der Waals surface area contributed by atoms with Gasteiger partial charge in [0, 0.05) is 15.4 Å². The number of hydrogen-bond donors (Lipinski definition) is 0. The number of rotatable bonds is 3. The number of hydrogen-bond acceptors (Lipinski definition) is 1. The van der Waals surface area contributed by atoms with Gasteiger partial charge in [0.05, 0.1) is 7.11 Å². The molecule has 3 atom stereocenters. The molecular weight excluding hydrogens is 312 g/mol. The van der Waals surface area contributed by atoms with Crippen LogP contribution in [0.2, 0.25) is 5.02 Å². The van der Waals surface area contributed by atoms with E-state index in [1.165, 1.54) is 31.2 Å². The van der Waals surface area contributed by atoms with Crippen molar-refractivity contribution in [2.45, 2.75) is 30.5 Å². The molecule has 18 heavy (non-hydrogen) atoms. The predicted octanol–water partition coefficient (Wildman–Crippen LogP) is 5.22. The lowest BCUT2D eigenvalue weighted by molar-refractivity contribution is 0.407. The van der Waals surface area contributed by atoms with Gasteiger partial charge >= 0.3 is 0 Å². The van der Waals surface area contributed by atoms with Crippen molar-refractivity contribution in [3.8, 4) is 5.75 Å². The topological polar surface area (TPSA) is 9.23 Å². The molecule has 0 amide bonds. The largest absolute Gasteiger partial charge is 0.496 e. The summed E-state index contributed by atoms with van der Waals surface area (Å²) in [6.07, 6.45) is 5.62. The Kier molecular flexibility index (Phi) is 3.59. The molecule has 2 saturated carbocycles. The van der Waals surface area contributed by atoms with E-state index in [9.17, 15) is 0 Å². The summed E-state index contributed by atoms with van der Waals surface area (Å²) >= 11 is 10.0. The minimum absolute atomic E-state index is 0.388. The second kappa shape index (κ2) is 5.05. The van der Waals surface area contributed by atoms with Gasteiger partial charge in [0.2, 0.25) is 0 Å². The highest BCUT2D eigenvalue weighted by Crippen LogP contribution is 2.63. The number of halogens is 2. The molecule has 1 aromatic carbocycles. The van der Waals surface area contributed by atoms with E-state index in [0.717, 1.165) is 28.5 Å². The number of ether oxygens (including phenoxy) is 1. The maximum Gasteiger partial charge on any atom is 0.123 e. The molecule has 0 bridgehead atoms. The van der Waals surface area contributed by atoms with Crippen LogP contribution in [0.1, 0.15) is 36.1 Å². The molecule has 3 unspecified atom stereocenters. The van der Waals surface area contributed by atoms with Crippen molar-refractivity contribution >= 4 is 27.5 Å². The van der Waals surface area contributed by atoms with Crippen LogP contribution in [0.3, 0.4) is 0 Å². The molecule has 98 valence electrons.